The fraction of sp³-hybridized carbons (Fsp3) is 0.150. The van der Waals surface area contributed by atoms with Crippen molar-refractivity contribution in [3.63, 3.8) is 0 Å². The zero-order valence-electron chi connectivity index (χ0n) is 15.3. The monoisotopic (exact) mass is 494 g/mol. The van der Waals surface area contributed by atoms with E-state index in [2.05, 4.69) is 26.6 Å². The molecule has 9 heteroatoms. The summed E-state index contributed by atoms with van der Waals surface area (Å²) in [6, 6.07) is 12.8. The lowest BCUT2D eigenvalue weighted by molar-refractivity contribution is -0.146. The molecule has 0 fully saturated rings. The van der Waals surface area contributed by atoms with Crippen LogP contribution in [0.4, 0.5) is 5.69 Å². The van der Waals surface area contributed by atoms with Gasteiger partial charge in [-0.15, -0.1) is 11.3 Å². The molecule has 1 aromatic heterocycles. The number of nitrogens with one attached hydrogen (secondary N) is 2. The summed E-state index contributed by atoms with van der Waals surface area (Å²) in [6.07, 6.45) is 0. The van der Waals surface area contributed by atoms with Crippen LogP contribution in [0.15, 0.2) is 46.9 Å². The van der Waals surface area contributed by atoms with Crippen LogP contribution in [0.2, 0.25) is 5.02 Å². The molecular weight excluding hydrogens is 480 g/mol. The molecule has 3 rings (SSSR count). The third kappa shape index (κ3) is 5.35. The molecule has 2 aromatic carbocycles. The van der Waals surface area contributed by atoms with Crippen LogP contribution in [0.25, 0.3) is 10.1 Å². The van der Waals surface area contributed by atoms with Gasteiger partial charge in [-0.25, -0.2) is 0 Å². The Bertz CT molecular complexity index is 1100. The van der Waals surface area contributed by atoms with E-state index < -0.39 is 24.4 Å². The van der Waals surface area contributed by atoms with Crippen LogP contribution in [0.3, 0.4) is 0 Å². The van der Waals surface area contributed by atoms with Crippen molar-refractivity contribution in [3.8, 4) is 0 Å². The molecule has 6 nitrogen and oxygen atoms in total. The summed E-state index contributed by atoms with van der Waals surface area (Å²) in [5, 5.41) is 6.23. The summed E-state index contributed by atoms with van der Waals surface area (Å²) in [6.45, 7) is 1.10. The summed E-state index contributed by atoms with van der Waals surface area (Å²) in [4.78, 5) is 36.4. The predicted molar refractivity (Wildman–Crippen MR) is 118 cm³/mol. The Morgan fingerprint density at radius 2 is 1.93 bits per heavy atom. The highest BCUT2D eigenvalue weighted by atomic mass is 79.9. The van der Waals surface area contributed by atoms with Gasteiger partial charge in [0.25, 0.3) is 11.8 Å². The van der Waals surface area contributed by atoms with E-state index in [1.165, 1.54) is 11.3 Å². The molecule has 0 radical (unpaired) electrons. The Kier molecular flexibility index (Phi) is 6.89. The largest absolute Gasteiger partial charge is 0.454 e. The third-order valence-corrected chi connectivity index (χ3v) is 6.23. The highest BCUT2D eigenvalue weighted by Gasteiger charge is 2.18. The molecule has 0 spiro atoms. The maximum absolute atomic E-state index is 12.3. The molecule has 3 aromatic rings. The van der Waals surface area contributed by atoms with Crippen molar-refractivity contribution in [1.82, 2.24) is 5.32 Å². The molecule has 0 unspecified atom stereocenters. The fourth-order valence-corrected chi connectivity index (χ4v) is 4.52. The van der Waals surface area contributed by atoms with Gasteiger partial charge in [0.05, 0.1) is 10.7 Å². The van der Waals surface area contributed by atoms with Crippen molar-refractivity contribution in [1.29, 1.82) is 0 Å². The first kappa shape index (κ1) is 21.3. The topological polar surface area (TPSA) is 84.5 Å². The Hall–Kier alpha value is -2.42. The molecule has 0 atom stereocenters. The highest BCUT2D eigenvalue weighted by Crippen LogP contribution is 2.34. The number of hydrogen-bond donors (Lipinski definition) is 2. The van der Waals surface area contributed by atoms with E-state index >= 15 is 0 Å². The lowest BCUT2D eigenvalue weighted by Gasteiger charge is -2.09. The smallest absolute Gasteiger partial charge is 0.325 e. The van der Waals surface area contributed by atoms with Gasteiger partial charge in [-0.3, -0.25) is 14.4 Å². The van der Waals surface area contributed by atoms with E-state index in [9.17, 15) is 14.4 Å². The first-order valence-corrected chi connectivity index (χ1v) is 10.5. The number of esters is 1. The van der Waals surface area contributed by atoms with Gasteiger partial charge in [0.15, 0.2) is 6.61 Å². The Morgan fingerprint density at radius 3 is 2.66 bits per heavy atom. The number of carbonyl (C=O) groups is 3. The molecule has 0 saturated carbocycles. The fourth-order valence-electron chi connectivity index (χ4n) is 2.50. The van der Waals surface area contributed by atoms with Crippen LogP contribution in [-0.4, -0.2) is 30.9 Å². The number of hydrogen-bond acceptors (Lipinski definition) is 5. The average molecular weight is 496 g/mol. The summed E-state index contributed by atoms with van der Waals surface area (Å²) in [5.41, 5.74) is 1.61. The van der Waals surface area contributed by atoms with Crippen LogP contribution in [-0.2, 0) is 14.3 Å². The number of rotatable bonds is 6. The minimum atomic E-state index is -0.728. The van der Waals surface area contributed by atoms with Crippen molar-refractivity contribution < 1.29 is 19.1 Å². The van der Waals surface area contributed by atoms with Gasteiger partial charge in [0.1, 0.15) is 11.4 Å². The van der Waals surface area contributed by atoms with Gasteiger partial charge in [0, 0.05) is 14.6 Å². The molecule has 0 bridgehead atoms. The number of anilines is 1. The molecule has 1 heterocycles. The number of halogens is 2. The second kappa shape index (κ2) is 9.39. The van der Waals surface area contributed by atoms with E-state index in [1.807, 2.05) is 43.3 Å². The first-order valence-electron chi connectivity index (χ1n) is 8.52. The minimum absolute atomic E-state index is 0.322. The molecule has 0 saturated heterocycles. The lowest BCUT2D eigenvalue weighted by Crippen LogP contribution is -2.32. The van der Waals surface area contributed by atoms with Gasteiger partial charge in [-0.1, -0.05) is 35.9 Å². The minimum Gasteiger partial charge on any atom is -0.454 e. The van der Waals surface area contributed by atoms with E-state index in [1.54, 1.807) is 6.07 Å². The molecule has 0 aliphatic carbocycles. The Labute approximate surface area is 184 Å². The molecule has 150 valence electrons. The number of ether oxygens (including phenoxy) is 1. The van der Waals surface area contributed by atoms with Crippen LogP contribution in [0.1, 0.15) is 15.2 Å². The highest BCUT2D eigenvalue weighted by molar-refractivity contribution is 9.10. The summed E-state index contributed by atoms with van der Waals surface area (Å²) in [5.74, 6) is -1.68. The van der Waals surface area contributed by atoms with E-state index in [4.69, 9.17) is 16.3 Å². The van der Waals surface area contributed by atoms with Crippen molar-refractivity contribution >= 4 is 72.4 Å². The maximum Gasteiger partial charge on any atom is 0.325 e. The van der Waals surface area contributed by atoms with Crippen molar-refractivity contribution in [3.05, 3.63) is 62.4 Å². The maximum atomic E-state index is 12.3. The predicted octanol–water partition coefficient (Wildman–Crippen LogP) is 4.54. The molecule has 2 amide bonds. The standard InChI is InChI=1S/C20H16BrClN2O4S/c1-11-6-7-14(13(21)8-11)24-16(25)10-28-17(26)9-23-20(27)19-18(22)12-4-2-3-5-15(12)29-19/h2-8H,9-10H2,1H3,(H,23,27)(H,24,25). The van der Waals surface area contributed by atoms with Gasteiger partial charge in [-0.05, 0) is 46.6 Å². The SMILES string of the molecule is Cc1ccc(NC(=O)COC(=O)CNC(=O)c2sc3ccccc3c2Cl)c(Br)c1. The summed E-state index contributed by atoms with van der Waals surface area (Å²) >= 11 is 10.8. The zero-order chi connectivity index (χ0) is 21.0. The van der Waals surface area contributed by atoms with Gasteiger partial charge < -0.3 is 15.4 Å². The lowest BCUT2D eigenvalue weighted by atomic mass is 10.2. The number of fused-ring (bicyclic) bond motifs is 1. The average Bonchev–Trinajstić information content (AvgIpc) is 3.04. The van der Waals surface area contributed by atoms with E-state index in [-0.39, 0.29) is 6.54 Å². The van der Waals surface area contributed by atoms with Crippen LogP contribution in [0.5, 0.6) is 0 Å². The van der Waals surface area contributed by atoms with Crippen LogP contribution >= 0.6 is 38.9 Å². The third-order valence-electron chi connectivity index (χ3n) is 3.90. The van der Waals surface area contributed by atoms with E-state index in [0.29, 0.717) is 15.6 Å². The van der Waals surface area contributed by atoms with E-state index in [0.717, 1.165) is 20.1 Å². The number of benzene rings is 2. The second-order valence-corrected chi connectivity index (χ2v) is 8.40. The molecule has 0 aliphatic heterocycles. The number of thiophene rings is 1. The van der Waals surface area contributed by atoms with Crippen molar-refractivity contribution in [2.24, 2.45) is 0 Å². The van der Waals surface area contributed by atoms with Gasteiger partial charge >= 0.3 is 5.97 Å². The summed E-state index contributed by atoms with van der Waals surface area (Å²) in [7, 11) is 0. The Morgan fingerprint density at radius 1 is 1.17 bits per heavy atom. The second-order valence-electron chi connectivity index (χ2n) is 6.12. The normalized spacial score (nSPS) is 10.6. The number of amides is 2. The zero-order valence-corrected chi connectivity index (χ0v) is 18.4. The van der Waals surface area contributed by atoms with Crippen molar-refractivity contribution in [2.75, 3.05) is 18.5 Å². The quantitative estimate of drug-likeness (QED) is 0.492. The van der Waals surface area contributed by atoms with Crippen LogP contribution < -0.4 is 10.6 Å². The number of aryl methyl sites for hydroxylation is 1. The van der Waals surface area contributed by atoms with Gasteiger partial charge in [-0.2, -0.15) is 0 Å². The van der Waals surface area contributed by atoms with Gasteiger partial charge in [0.2, 0.25) is 0 Å². The molecule has 29 heavy (non-hydrogen) atoms. The van der Waals surface area contributed by atoms with Crippen LogP contribution in [0, 0.1) is 6.92 Å². The van der Waals surface area contributed by atoms with Crippen molar-refractivity contribution in [2.45, 2.75) is 6.92 Å². The first-order chi connectivity index (χ1) is 13.8. The number of carbonyl (C=O) groups excluding carboxylic acids is 3. The Balaban J connectivity index is 1.48. The molecular formula is C20H16BrClN2O4S. The summed E-state index contributed by atoms with van der Waals surface area (Å²) < 4.78 is 6.51. The molecule has 0 aliphatic rings. The molecule has 2 N–H and O–H groups in total.